The van der Waals surface area contributed by atoms with Crippen molar-refractivity contribution in [3.05, 3.63) is 0 Å². The summed E-state index contributed by atoms with van der Waals surface area (Å²) in [7, 11) is 0. The summed E-state index contributed by atoms with van der Waals surface area (Å²) in [5.74, 6) is -0.608. The molecular weight excluding hydrogens is 430 g/mol. The highest BCUT2D eigenvalue weighted by molar-refractivity contribution is 5.88. The quantitative estimate of drug-likeness (QED) is 0.126. The molecule has 1 unspecified atom stereocenters. The molecule has 1 amide bonds. The Balaban J connectivity index is 1.73. The smallest absolute Gasteiger partial charge is 0.328 e. The van der Waals surface area contributed by atoms with Crippen LogP contribution < -0.4 is 5.32 Å². The van der Waals surface area contributed by atoms with Gasteiger partial charge in [0.05, 0.1) is 6.61 Å². The number of aliphatic hydroxyl groups is 1. The van der Waals surface area contributed by atoms with Gasteiger partial charge in [-0.3, -0.25) is 4.79 Å². The predicted molar refractivity (Wildman–Crippen MR) is 138 cm³/mol. The first-order valence-corrected chi connectivity index (χ1v) is 14.3. The van der Waals surface area contributed by atoms with Gasteiger partial charge in [0.25, 0.3) is 0 Å². The van der Waals surface area contributed by atoms with Crippen LogP contribution >= 0.6 is 0 Å². The molecule has 2 atom stereocenters. The van der Waals surface area contributed by atoms with Gasteiger partial charge in [0.15, 0.2) is 0 Å². The molecule has 0 aromatic carbocycles. The third kappa shape index (κ3) is 18.2. The topological polar surface area (TPSA) is 84.9 Å². The number of carbonyl (C=O) groups is 2. The van der Waals surface area contributed by atoms with Crippen LogP contribution in [0.4, 0.5) is 0 Å². The van der Waals surface area contributed by atoms with E-state index in [4.69, 9.17) is 9.47 Å². The van der Waals surface area contributed by atoms with Crippen LogP contribution in [0.2, 0.25) is 0 Å². The van der Waals surface area contributed by atoms with Crippen LogP contribution in [-0.4, -0.2) is 48.9 Å². The summed E-state index contributed by atoms with van der Waals surface area (Å²) in [6.45, 7) is 2.98. The Morgan fingerprint density at radius 2 is 1.29 bits per heavy atom. The third-order valence-corrected chi connectivity index (χ3v) is 6.65. The molecule has 0 aliphatic carbocycles. The van der Waals surface area contributed by atoms with Crippen LogP contribution in [0, 0.1) is 0 Å². The average Bonchev–Trinajstić information content (AvgIpc) is 3.27. The molecule has 0 bridgehead atoms. The first-order chi connectivity index (χ1) is 16.6. The van der Waals surface area contributed by atoms with E-state index in [1.807, 2.05) is 0 Å². The van der Waals surface area contributed by atoms with Crippen LogP contribution in [0.1, 0.15) is 135 Å². The van der Waals surface area contributed by atoms with E-state index in [0.29, 0.717) is 19.4 Å². The van der Waals surface area contributed by atoms with Crippen molar-refractivity contribution in [2.45, 2.75) is 147 Å². The monoisotopic (exact) mass is 483 g/mol. The number of unbranched alkanes of at least 4 members (excludes halogenated alkanes) is 17. The Hall–Kier alpha value is -1.14. The lowest BCUT2D eigenvalue weighted by atomic mass is 10.0. The Bertz CT molecular complexity index is 499. The highest BCUT2D eigenvalue weighted by Crippen LogP contribution is 2.14. The lowest BCUT2D eigenvalue weighted by Gasteiger charge is -2.14. The van der Waals surface area contributed by atoms with Crippen LogP contribution in [0.3, 0.4) is 0 Å². The molecule has 0 aromatic rings. The maximum atomic E-state index is 11.8. The van der Waals surface area contributed by atoms with Gasteiger partial charge >= 0.3 is 5.97 Å². The molecule has 6 nitrogen and oxygen atoms in total. The molecule has 6 heteroatoms. The molecule has 1 saturated heterocycles. The number of aliphatic hydroxyl groups excluding tert-OH is 1. The van der Waals surface area contributed by atoms with Crippen LogP contribution in [0.15, 0.2) is 0 Å². The molecule has 200 valence electrons. The summed E-state index contributed by atoms with van der Waals surface area (Å²) in [6, 6.07) is -0.569. The molecule has 0 aromatic heterocycles. The van der Waals surface area contributed by atoms with Crippen molar-refractivity contribution in [3.63, 3.8) is 0 Å². The molecule has 34 heavy (non-hydrogen) atoms. The molecule has 0 saturated carbocycles. The van der Waals surface area contributed by atoms with E-state index in [-0.39, 0.29) is 19.1 Å². The Kier molecular flexibility index (Phi) is 20.3. The number of carbonyl (C=O) groups excluding carboxylic acids is 2. The van der Waals surface area contributed by atoms with Crippen molar-refractivity contribution in [1.82, 2.24) is 5.32 Å². The second-order valence-corrected chi connectivity index (χ2v) is 10.0. The van der Waals surface area contributed by atoms with E-state index >= 15 is 0 Å². The third-order valence-electron chi connectivity index (χ3n) is 6.65. The molecule has 0 spiro atoms. The molecule has 1 aliphatic rings. The van der Waals surface area contributed by atoms with E-state index in [1.165, 1.54) is 103 Å². The highest BCUT2D eigenvalue weighted by Gasteiger charge is 2.28. The highest BCUT2D eigenvalue weighted by atomic mass is 16.5. The van der Waals surface area contributed by atoms with Gasteiger partial charge in [-0.05, 0) is 12.8 Å². The van der Waals surface area contributed by atoms with Gasteiger partial charge in [0.1, 0.15) is 18.8 Å². The van der Waals surface area contributed by atoms with Gasteiger partial charge in [-0.25, -0.2) is 4.79 Å². The Morgan fingerprint density at radius 1 is 0.824 bits per heavy atom. The average molecular weight is 484 g/mol. The maximum absolute atomic E-state index is 11.8. The lowest BCUT2D eigenvalue weighted by molar-refractivity contribution is -0.150. The van der Waals surface area contributed by atoms with E-state index < -0.39 is 18.1 Å². The number of ether oxygens (including phenoxy) is 2. The van der Waals surface area contributed by atoms with Gasteiger partial charge < -0.3 is 19.9 Å². The number of esters is 1. The van der Waals surface area contributed by atoms with Gasteiger partial charge in [-0.15, -0.1) is 0 Å². The van der Waals surface area contributed by atoms with Crippen molar-refractivity contribution >= 4 is 11.9 Å². The first kappa shape index (κ1) is 30.9. The summed E-state index contributed by atoms with van der Waals surface area (Å²) in [5.41, 5.74) is 0. The Labute approximate surface area is 208 Å². The van der Waals surface area contributed by atoms with Gasteiger partial charge in [0, 0.05) is 13.0 Å². The van der Waals surface area contributed by atoms with Crippen molar-refractivity contribution < 1.29 is 24.2 Å². The standard InChI is InChI=1S/C28H53NO5/c1-2-3-4-5-6-7-8-9-10-11-12-13-14-15-16-17-18-19-22-33-23-25(30)24-34-28(32)26-20-21-27(31)29-26/h25-26,30H,2-24H2,1H3,(H,29,31)/t25?,26-/m0/s1. The van der Waals surface area contributed by atoms with E-state index in [2.05, 4.69) is 12.2 Å². The van der Waals surface area contributed by atoms with Crippen molar-refractivity contribution in [2.75, 3.05) is 19.8 Å². The summed E-state index contributed by atoms with van der Waals surface area (Å²) in [6.07, 6.45) is 24.4. The van der Waals surface area contributed by atoms with Crippen LogP contribution in [0.5, 0.6) is 0 Å². The zero-order valence-electron chi connectivity index (χ0n) is 22.0. The number of rotatable bonds is 24. The van der Waals surface area contributed by atoms with Crippen LogP contribution in [0.25, 0.3) is 0 Å². The summed E-state index contributed by atoms with van der Waals surface area (Å²) in [4.78, 5) is 22.9. The van der Waals surface area contributed by atoms with Crippen molar-refractivity contribution in [3.8, 4) is 0 Å². The Morgan fingerprint density at radius 3 is 1.74 bits per heavy atom. The first-order valence-electron chi connectivity index (χ1n) is 14.3. The number of hydrogen-bond donors (Lipinski definition) is 2. The van der Waals surface area contributed by atoms with Gasteiger partial charge in [-0.2, -0.15) is 0 Å². The molecule has 2 N–H and O–H groups in total. The maximum Gasteiger partial charge on any atom is 0.328 e. The minimum absolute atomic E-state index is 0.0929. The minimum atomic E-state index is -0.823. The zero-order valence-corrected chi connectivity index (χ0v) is 22.0. The second kappa shape index (κ2) is 22.3. The van der Waals surface area contributed by atoms with Gasteiger partial charge in [-0.1, -0.05) is 116 Å². The predicted octanol–water partition coefficient (Wildman–Crippen LogP) is 6.23. The van der Waals surface area contributed by atoms with Crippen molar-refractivity contribution in [1.29, 1.82) is 0 Å². The largest absolute Gasteiger partial charge is 0.461 e. The fourth-order valence-electron chi connectivity index (χ4n) is 4.44. The molecule has 1 heterocycles. The summed E-state index contributed by atoms with van der Waals surface area (Å²) < 4.78 is 10.5. The SMILES string of the molecule is CCCCCCCCCCCCCCCCCCCCOCC(O)COC(=O)[C@@H]1CCC(=O)N1. The summed E-state index contributed by atoms with van der Waals surface area (Å²) >= 11 is 0. The van der Waals surface area contributed by atoms with E-state index in [9.17, 15) is 14.7 Å². The minimum Gasteiger partial charge on any atom is -0.461 e. The number of amides is 1. The molecule has 0 radical (unpaired) electrons. The zero-order chi connectivity index (χ0) is 24.7. The molecule has 1 fully saturated rings. The lowest BCUT2D eigenvalue weighted by Crippen LogP contribution is -2.36. The van der Waals surface area contributed by atoms with Crippen molar-refractivity contribution in [2.24, 2.45) is 0 Å². The fraction of sp³-hybridized carbons (Fsp3) is 0.929. The summed E-state index contributed by atoms with van der Waals surface area (Å²) in [5, 5.41) is 12.4. The molecule has 1 rings (SSSR count). The van der Waals surface area contributed by atoms with Crippen LogP contribution in [-0.2, 0) is 19.1 Å². The van der Waals surface area contributed by atoms with Gasteiger partial charge in [0.2, 0.25) is 5.91 Å². The molecule has 1 aliphatic heterocycles. The number of hydrogen-bond acceptors (Lipinski definition) is 5. The van der Waals surface area contributed by atoms with E-state index in [0.717, 1.165) is 12.8 Å². The second-order valence-electron chi connectivity index (χ2n) is 10.0. The molecular formula is C28H53NO5. The normalized spacial score (nSPS) is 16.5. The fourth-order valence-corrected chi connectivity index (χ4v) is 4.44. The number of nitrogens with one attached hydrogen (secondary N) is 1. The van der Waals surface area contributed by atoms with E-state index in [1.54, 1.807) is 0 Å².